The number of pyridine rings is 1. The van der Waals surface area contributed by atoms with Gasteiger partial charge in [-0.25, -0.2) is 0 Å². The lowest BCUT2D eigenvalue weighted by atomic mass is 10.1. The van der Waals surface area contributed by atoms with Gasteiger partial charge >= 0.3 is 0 Å². The van der Waals surface area contributed by atoms with Crippen molar-refractivity contribution in [2.75, 3.05) is 26.4 Å². The van der Waals surface area contributed by atoms with Gasteiger partial charge in [0.15, 0.2) is 0 Å². The third-order valence-corrected chi connectivity index (χ3v) is 7.04. The number of unbranched alkanes of at least 4 members (excludes halogenated alkanes) is 5. The van der Waals surface area contributed by atoms with Gasteiger partial charge < -0.3 is 18.9 Å². The van der Waals surface area contributed by atoms with E-state index in [2.05, 4.69) is 55.2 Å². The molecule has 4 rings (SSSR count). The van der Waals surface area contributed by atoms with E-state index in [0.29, 0.717) is 0 Å². The van der Waals surface area contributed by atoms with Crippen LogP contribution in [0.5, 0.6) is 23.0 Å². The minimum absolute atomic E-state index is 0.718. The van der Waals surface area contributed by atoms with Gasteiger partial charge in [-0.05, 0) is 110 Å². The summed E-state index contributed by atoms with van der Waals surface area (Å²) in [6.45, 7) is 7.28. The van der Waals surface area contributed by atoms with Gasteiger partial charge in [-0.3, -0.25) is 4.98 Å². The molecule has 0 spiro atoms. The molecule has 0 saturated carbocycles. The summed E-state index contributed by atoms with van der Waals surface area (Å²) in [4.78, 5) is 4.54. The van der Waals surface area contributed by atoms with E-state index in [1.165, 1.54) is 11.1 Å². The molecule has 0 bridgehead atoms. The Labute approximate surface area is 251 Å². The molecule has 42 heavy (non-hydrogen) atoms. The maximum absolute atomic E-state index is 5.96. The molecule has 0 aliphatic rings. The standard InChI is InChI=1S/C37H45NO4/c1-3-5-25-39-33-17-11-30(12-18-33)31-13-19-34(20-14-31)40-27-9-7-8-10-28-41-35-21-15-32(16-22-35)37-24-23-36(29-38-37)42-26-6-4-2/h11-24,29H,3-10,25-28H2,1-2H3. The van der Waals surface area contributed by atoms with Crippen LogP contribution >= 0.6 is 0 Å². The molecule has 0 aliphatic carbocycles. The molecule has 3 aromatic carbocycles. The third kappa shape index (κ3) is 10.4. The summed E-state index contributed by atoms with van der Waals surface area (Å²) in [7, 11) is 0. The molecule has 1 heterocycles. The van der Waals surface area contributed by atoms with Gasteiger partial charge in [-0.15, -0.1) is 0 Å². The lowest BCUT2D eigenvalue weighted by Crippen LogP contribution is -2.00. The van der Waals surface area contributed by atoms with Crippen molar-refractivity contribution in [3.8, 4) is 45.4 Å². The average Bonchev–Trinajstić information content (AvgIpc) is 3.04. The van der Waals surface area contributed by atoms with Crippen LogP contribution in [-0.4, -0.2) is 31.4 Å². The highest BCUT2D eigenvalue weighted by Gasteiger charge is 2.03. The van der Waals surface area contributed by atoms with E-state index in [-0.39, 0.29) is 0 Å². The van der Waals surface area contributed by atoms with Crippen LogP contribution in [-0.2, 0) is 0 Å². The molecular weight excluding hydrogens is 522 g/mol. The molecule has 1 aromatic heterocycles. The largest absolute Gasteiger partial charge is 0.494 e. The van der Waals surface area contributed by atoms with Crippen LogP contribution in [0.25, 0.3) is 22.4 Å². The second-order valence-electron chi connectivity index (χ2n) is 10.5. The Kier molecular flexibility index (Phi) is 13.1. The average molecular weight is 568 g/mol. The van der Waals surface area contributed by atoms with Gasteiger partial charge in [-0.2, -0.15) is 0 Å². The predicted molar refractivity (Wildman–Crippen MR) is 172 cm³/mol. The Balaban J connectivity index is 1.07. The first-order chi connectivity index (χ1) is 20.7. The molecule has 0 atom stereocenters. The second-order valence-corrected chi connectivity index (χ2v) is 10.5. The zero-order valence-electron chi connectivity index (χ0n) is 25.2. The predicted octanol–water partition coefficient (Wildman–Crippen LogP) is 9.79. The monoisotopic (exact) mass is 567 g/mol. The Bertz CT molecular complexity index is 1170. The highest BCUT2D eigenvalue weighted by Crippen LogP contribution is 2.25. The number of aromatic nitrogens is 1. The number of hydrogen-bond donors (Lipinski definition) is 0. The van der Waals surface area contributed by atoms with Crippen LogP contribution in [0.15, 0.2) is 91.1 Å². The van der Waals surface area contributed by atoms with Gasteiger partial charge in [-0.1, -0.05) is 51.0 Å². The van der Waals surface area contributed by atoms with Crippen LogP contribution in [0.3, 0.4) is 0 Å². The summed E-state index contributed by atoms with van der Waals surface area (Å²) in [5.41, 5.74) is 4.36. The fourth-order valence-electron chi connectivity index (χ4n) is 4.45. The molecular formula is C37H45NO4. The van der Waals surface area contributed by atoms with Crippen molar-refractivity contribution in [2.24, 2.45) is 0 Å². The Morgan fingerprint density at radius 2 is 0.786 bits per heavy atom. The van der Waals surface area contributed by atoms with Crippen molar-refractivity contribution in [3.05, 3.63) is 91.1 Å². The molecule has 0 unspecified atom stereocenters. The molecule has 0 radical (unpaired) electrons. The molecule has 0 aliphatic heterocycles. The highest BCUT2D eigenvalue weighted by atomic mass is 16.5. The van der Waals surface area contributed by atoms with Crippen molar-refractivity contribution in [3.63, 3.8) is 0 Å². The van der Waals surface area contributed by atoms with E-state index in [0.717, 1.165) is 112 Å². The minimum atomic E-state index is 0.718. The molecule has 222 valence electrons. The molecule has 0 fully saturated rings. The Hall–Kier alpha value is -3.99. The van der Waals surface area contributed by atoms with Crippen LogP contribution in [0, 0.1) is 0 Å². The van der Waals surface area contributed by atoms with Crippen molar-refractivity contribution in [2.45, 2.75) is 65.2 Å². The number of ether oxygens (including phenoxy) is 4. The lowest BCUT2D eigenvalue weighted by molar-refractivity contribution is 0.287. The van der Waals surface area contributed by atoms with E-state index in [1.807, 2.05) is 48.5 Å². The fraction of sp³-hybridized carbons (Fsp3) is 0.378. The van der Waals surface area contributed by atoms with E-state index >= 15 is 0 Å². The van der Waals surface area contributed by atoms with Gasteiger partial charge in [0.1, 0.15) is 23.0 Å². The van der Waals surface area contributed by atoms with E-state index < -0.39 is 0 Å². The summed E-state index contributed by atoms with van der Waals surface area (Å²) < 4.78 is 23.4. The molecule has 5 nitrogen and oxygen atoms in total. The quantitative estimate of drug-likeness (QED) is 0.106. The molecule has 0 amide bonds. The minimum Gasteiger partial charge on any atom is -0.494 e. The summed E-state index contributed by atoms with van der Waals surface area (Å²) in [5.74, 6) is 3.55. The summed E-state index contributed by atoms with van der Waals surface area (Å²) in [5, 5.41) is 0. The topological polar surface area (TPSA) is 49.8 Å². The van der Waals surface area contributed by atoms with Crippen LogP contribution in [0.2, 0.25) is 0 Å². The second kappa shape index (κ2) is 17.7. The number of nitrogens with zero attached hydrogens (tertiary/aromatic N) is 1. The SMILES string of the molecule is CCCCOc1ccc(-c2ccc(OCCCCCCOc3ccc(-c4ccc(OCCCC)cn4)cc3)cc2)cc1. The molecule has 0 N–H and O–H groups in total. The Morgan fingerprint density at radius 3 is 1.19 bits per heavy atom. The summed E-state index contributed by atoms with van der Waals surface area (Å²) in [6, 6.07) is 28.7. The van der Waals surface area contributed by atoms with Crippen molar-refractivity contribution < 1.29 is 18.9 Å². The van der Waals surface area contributed by atoms with Crippen molar-refractivity contribution in [1.29, 1.82) is 0 Å². The maximum atomic E-state index is 5.96. The Morgan fingerprint density at radius 1 is 0.405 bits per heavy atom. The first-order valence-corrected chi connectivity index (χ1v) is 15.5. The van der Waals surface area contributed by atoms with Gasteiger partial charge in [0.2, 0.25) is 0 Å². The lowest BCUT2D eigenvalue weighted by Gasteiger charge is -2.09. The number of benzene rings is 3. The molecule has 5 heteroatoms. The number of hydrogen-bond acceptors (Lipinski definition) is 5. The van der Waals surface area contributed by atoms with Crippen LogP contribution in [0.1, 0.15) is 65.2 Å². The molecule has 4 aromatic rings. The maximum Gasteiger partial charge on any atom is 0.137 e. The zero-order chi connectivity index (χ0) is 29.2. The first kappa shape index (κ1) is 31.0. The van der Waals surface area contributed by atoms with Gasteiger partial charge in [0.25, 0.3) is 0 Å². The fourth-order valence-corrected chi connectivity index (χ4v) is 4.45. The van der Waals surface area contributed by atoms with Gasteiger partial charge in [0, 0.05) is 5.56 Å². The summed E-state index contributed by atoms with van der Waals surface area (Å²) >= 11 is 0. The summed E-state index contributed by atoms with van der Waals surface area (Å²) in [6.07, 6.45) is 10.5. The van der Waals surface area contributed by atoms with Gasteiger partial charge in [0.05, 0.1) is 38.3 Å². The van der Waals surface area contributed by atoms with Crippen molar-refractivity contribution in [1.82, 2.24) is 4.98 Å². The smallest absolute Gasteiger partial charge is 0.137 e. The third-order valence-electron chi connectivity index (χ3n) is 7.04. The normalized spacial score (nSPS) is 10.8. The highest BCUT2D eigenvalue weighted by molar-refractivity contribution is 5.65. The van der Waals surface area contributed by atoms with E-state index in [9.17, 15) is 0 Å². The van der Waals surface area contributed by atoms with Crippen molar-refractivity contribution >= 4 is 0 Å². The number of rotatable bonds is 19. The molecule has 0 saturated heterocycles. The van der Waals surface area contributed by atoms with Crippen LogP contribution in [0.4, 0.5) is 0 Å². The zero-order valence-corrected chi connectivity index (χ0v) is 25.2. The van der Waals surface area contributed by atoms with Crippen LogP contribution < -0.4 is 18.9 Å². The first-order valence-electron chi connectivity index (χ1n) is 15.5. The van der Waals surface area contributed by atoms with E-state index in [4.69, 9.17) is 18.9 Å². The van der Waals surface area contributed by atoms with E-state index in [1.54, 1.807) is 6.20 Å².